The highest BCUT2D eigenvalue weighted by Gasteiger charge is 1.65. The lowest BCUT2D eigenvalue weighted by molar-refractivity contribution is -0.742. The van der Waals surface area contributed by atoms with Gasteiger partial charge in [0.05, 0.1) is 0 Å². The average molecular weight is 75.0 g/mol. The number of hydrogen-bond donors (Lipinski definition) is 1. The standard InChI is InChI=1S/C.HNO3/c;2-1(3)4/h;(H,2,3,4). The maximum atomic E-state index is 8.36. The van der Waals surface area contributed by atoms with Crippen LogP contribution in [0.5, 0.6) is 0 Å². The molecule has 0 rings (SSSR count). The molecule has 1 N–H and O–H groups in total. The zero-order valence-corrected chi connectivity index (χ0v) is 2.21. The molecule has 0 spiro atoms. The smallest absolute Gasteiger partial charge is 0.291 e. The topological polar surface area (TPSA) is 63.4 Å². The fraction of sp³-hybridized carbons (Fsp3) is 0. The van der Waals surface area contributed by atoms with Crippen LogP contribution in [0.2, 0.25) is 0 Å². The molecule has 4 radical (unpaired) electrons. The van der Waals surface area contributed by atoms with Crippen molar-refractivity contribution in [1.29, 1.82) is 0 Å². The summed E-state index contributed by atoms with van der Waals surface area (Å²) < 4.78 is 0. The average Bonchev–Trinajstić information content (AvgIpc) is 0.811. The first-order valence-corrected chi connectivity index (χ1v) is 0.565. The minimum absolute atomic E-state index is 0. The first kappa shape index (κ1) is 8.89. The minimum atomic E-state index is -1.50. The van der Waals surface area contributed by atoms with Crippen molar-refractivity contribution in [2.24, 2.45) is 0 Å². The minimum Gasteiger partial charge on any atom is -0.328 e. The van der Waals surface area contributed by atoms with Crippen molar-refractivity contribution in [1.82, 2.24) is 0 Å². The van der Waals surface area contributed by atoms with Gasteiger partial charge in [0.1, 0.15) is 0 Å². The molecule has 0 saturated heterocycles. The molecule has 5 heavy (non-hydrogen) atoms. The molecule has 0 saturated carbocycles. The van der Waals surface area contributed by atoms with E-state index in [-0.39, 0.29) is 7.43 Å². The zero-order chi connectivity index (χ0) is 3.58. The van der Waals surface area contributed by atoms with E-state index in [1.165, 1.54) is 0 Å². The van der Waals surface area contributed by atoms with Gasteiger partial charge in [-0.05, 0) is 0 Å². The van der Waals surface area contributed by atoms with Gasteiger partial charge in [-0.3, -0.25) is 0 Å². The Morgan fingerprint density at radius 2 is 1.80 bits per heavy atom. The summed E-state index contributed by atoms with van der Waals surface area (Å²) in [5.41, 5.74) is 0. The van der Waals surface area contributed by atoms with Gasteiger partial charge in [-0.15, -0.1) is 10.1 Å². The molecular weight excluding hydrogens is 74.0 g/mol. The highest BCUT2D eigenvalue weighted by Crippen LogP contribution is 1.38. The zero-order valence-electron chi connectivity index (χ0n) is 2.21. The van der Waals surface area contributed by atoms with Crippen LogP contribution in [0.15, 0.2) is 0 Å². The molecule has 28 valence electrons. The molecule has 0 unspecified atom stereocenters. The first-order valence-electron chi connectivity index (χ1n) is 0.565. The van der Waals surface area contributed by atoms with Gasteiger partial charge in [-0.25, -0.2) is 0 Å². The van der Waals surface area contributed by atoms with Gasteiger partial charge in [0.2, 0.25) is 0 Å². The Balaban J connectivity index is 0. The molecule has 0 atom stereocenters. The summed E-state index contributed by atoms with van der Waals surface area (Å²) in [6.45, 7) is 0. The number of nitrogens with zero attached hydrogens (tertiary/aromatic N) is 1. The fourth-order valence-electron chi connectivity index (χ4n) is 0. The normalized spacial score (nSPS) is 4.80. The van der Waals surface area contributed by atoms with Crippen LogP contribution in [-0.2, 0) is 0 Å². The lowest BCUT2D eigenvalue weighted by atomic mass is 12.0. The maximum absolute atomic E-state index is 8.36. The second kappa shape index (κ2) is 3.20. The Bertz CT molecular complexity index is 29.9. The fourth-order valence-corrected chi connectivity index (χ4v) is 0. The van der Waals surface area contributed by atoms with Crippen molar-refractivity contribution in [2.75, 3.05) is 0 Å². The maximum Gasteiger partial charge on any atom is 0.291 e. The van der Waals surface area contributed by atoms with E-state index in [1.807, 2.05) is 0 Å². The molecule has 4 nitrogen and oxygen atoms in total. The van der Waals surface area contributed by atoms with E-state index in [9.17, 15) is 0 Å². The van der Waals surface area contributed by atoms with Gasteiger partial charge in [0.25, 0.3) is 5.09 Å². The van der Waals surface area contributed by atoms with E-state index in [0.717, 1.165) is 0 Å². The van der Waals surface area contributed by atoms with Crippen molar-refractivity contribution in [2.45, 2.75) is 0 Å². The largest absolute Gasteiger partial charge is 0.328 e. The summed E-state index contributed by atoms with van der Waals surface area (Å²) in [5, 5.41) is 13.6. The Labute approximate surface area is 29.1 Å². The van der Waals surface area contributed by atoms with Crippen LogP contribution in [0.3, 0.4) is 0 Å². The number of rotatable bonds is 0. The number of hydrogen-bond acceptors (Lipinski definition) is 2. The van der Waals surface area contributed by atoms with Gasteiger partial charge in [0, 0.05) is 7.43 Å². The summed E-state index contributed by atoms with van der Waals surface area (Å²) in [7, 11) is 0. The molecule has 0 aliphatic carbocycles. The summed E-state index contributed by atoms with van der Waals surface area (Å²) in [4.78, 5) is 8.36. The van der Waals surface area contributed by atoms with Crippen molar-refractivity contribution in [3.05, 3.63) is 17.5 Å². The van der Waals surface area contributed by atoms with Crippen molar-refractivity contribution in [3.63, 3.8) is 0 Å². The highest BCUT2D eigenvalue weighted by atomic mass is 16.9. The lowest BCUT2D eigenvalue weighted by Gasteiger charge is -1.56. The Hall–Kier alpha value is -0.800. The lowest BCUT2D eigenvalue weighted by Crippen LogP contribution is -1.81. The van der Waals surface area contributed by atoms with E-state index in [1.54, 1.807) is 0 Å². The molecule has 0 aliphatic rings. The van der Waals surface area contributed by atoms with E-state index in [4.69, 9.17) is 15.3 Å². The molecule has 4 heteroatoms. The van der Waals surface area contributed by atoms with Gasteiger partial charge in [-0.1, -0.05) is 0 Å². The molecule has 0 aromatic rings. The van der Waals surface area contributed by atoms with Crippen LogP contribution < -0.4 is 0 Å². The monoisotopic (exact) mass is 75.0 g/mol. The SMILES string of the molecule is O=[N+]([O-])O.[C]. The van der Waals surface area contributed by atoms with E-state index >= 15 is 0 Å². The van der Waals surface area contributed by atoms with Crippen LogP contribution in [0.4, 0.5) is 0 Å². The van der Waals surface area contributed by atoms with Gasteiger partial charge in [0.15, 0.2) is 0 Å². The van der Waals surface area contributed by atoms with Crippen molar-refractivity contribution < 1.29 is 10.3 Å². The third-order valence-corrected chi connectivity index (χ3v) is 0. The van der Waals surface area contributed by atoms with Crippen LogP contribution in [0, 0.1) is 17.5 Å². The summed E-state index contributed by atoms with van der Waals surface area (Å²) in [6.07, 6.45) is 0. The molecule has 0 heterocycles. The first-order chi connectivity index (χ1) is 1.73. The third-order valence-electron chi connectivity index (χ3n) is 0. The molecule has 0 aromatic carbocycles. The summed E-state index contributed by atoms with van der Waals surface area (Å²) in [5.74, 6) is 0. The predicted molar refractivity (Wildman–Crippen MR) is 12.0 cm³/mol. The third kappa shape index (κ3) is 7.20. The quantitative estimate of drug-likeness (QED) is 0.318. The van der Waals surface area contributed by atoms with Gasteiger partial charge >= 0.3 is 0 Å². The van der Waals surface area contributed by atoms with Gasteiger partial charge in [-0.2, -0.15) is 0 Å². The highest BCUT2D eigenvalue weighted by molar-refractivity contribution is 3.83. The second-order valence-corrected chi connectivity index (χ2v) is 0.238. The van der Waals surface area contributed by atoms with E-state index in [0.29, 0.717) is 0 Å². The van der Waals surface area contributed by atoms with E-state index < -0.39 is 5.09 Å². The molecule has 0 bridgehead atoms. The van der Waals surface area contributed by atoms with Crippen LogP contribution in [0.25, 0.3) is 0 Å². The predicted octanol–water partition coefficient (Wildman–Crippen LogP) is -0.266. The van der Waals surface area contributed by atoms with Crippen molar-refractivity contribution in [3.8, 4) is 0 Å². The Morgan fingerprint density at radius 1 is 1.80 bits per heavy atom. The molecule has 0 amide bonds. The van der Waals surface area contributed by atoms with Crippen LogP contribution >= 0.6 is 0 Å². The van der Waals surface area contributed by atoms with Gasteiger partial charge < -0.3 is 5.21 Å². The summed E-state index contributed by atoms with van der Waals surface area (Å²) >= 11 is 0. The molecule has 0 aliphatic heterocycles. The molecule has 0 aromatic heterocycles. The van der Waals surface area contributed by atoms with Crippen LogP contribution in [0.1, 0.15) is 0 Å². The molecule has 0 fully saturated rings. The second-order valence-electron chi connectivity index (χ2n) is 0.238. The summed E-state index contributed by atoms with van der Waals surface area (Å²) in [6, 6.07) is 0. The Morgan fingerprint density at radius 3 is 1.80 bits per heavy atom. The van der Waals surface area contributed by atoms with Crippen LogP contribution in [-0.4, -0.2) is 10.3 Å². The Kier molecular flexibility index (Phi) is 5.69. The van der Waals surface area contributed by atoms with E-state index in [2.05, 4.69) is 0 Å². The molecular formula is CHNO3. The van der Waals surface area contributed by atoms with Crippen molar-refractivity contribution >= 4 is 0 Å².